The number of hydrogen-bond donors (Lipinski definition) is 0. The van der Waals surface area contributed by atoms with Crippen LogP contribution >= 0.6 is 0 Å². The molecule has 0 aromatic heterocycles. The molecule has 6 heteroatoms. The molecule has 0 aliphatic carbocycles. The summed E-state index contributed by atoms with van der Waals surface area (Å²) in [5.74, 6) is -0.893. The average Bonchev–Trinajstić information content (AvgIpc) is 3.34. The molecule has 0 bridgehead atoms. The van der Waals surface area contributed by atoms with Crippen LogP contribution in [0.25, 0.3) is 0 Å². The standard InChI is InChI=1S/C62H112O6/c1-4-7-10-13-15-17-19-21-23-24-25-26-27-28-29-30-31-32-33-34-35-36-37-38-39-41-42-44-46-49-52-55-61(64)67-58-59(57-66-60(63)54-51-48-12-9-6-3)68-62(65)56-53-50-47-45-43-40-22-20-18-16-14-11-8-5-2/h14,16,19-22,24-25,59H,4-13,15,17-18,23,26-58H2,1-3H3/b16-14-,21-19-,22-20-,25-24-. The van der Waals surface area contributed by atoms with Crippen molar-refractivity contribution in [2.24, 2.45) is 0 Å². The van der Waals surface area contributed by atoms with Crippen molar-refractivity contribution in [2.75, 3.05) is 13.2 Å². The molecule has 0 radical (unpaired) electrons. The molecule has 0 aromatic rings. The molecule has 0 spiro atoms. The van der Waals surface area contributed by atoms with Gasteiger partial charge < -0.3 is 14.2 Å². The lowest BCUT2D eigenvalue weighted by molar-refractivity contribution is -0.167. The van der Waals surface area contributed by atoms with Gasteiger partial charge in [-0.05, 0) is 77.0 Å². The van der Waals surface area contributed by atoms with Crippen molar-refractivity contribution in [1.29, 1.82) is 0 Å². The molecule has 0 fully saturated rings. The molecule has 0 aliphatic heterocycles. The first-order valence-corrected chi connectivity index (χ1v) is 29.6. The SMILES string of the molecule is CCCC/C=C\C/C=C\CCCCCCCC(=O)OC(COC(=O)CCCCCCC)COC(=O)CCCCCCCCCCCCCCCCCCCCC/C=C\C/C=C\CCCCCCC. The molecule has 1 atom stereocenters. The fourth-order valence-electron chi connectivity index (χ4n) is 8.55. The molecule has 396 valence electrons. The highest BCUT2D eigenvalue weighted by Gasteiger charge is 2.19. The van der Waals surface area contributed by atoms with E-state index in [1.54, 1.807) is 0 Å². The Morgan fingerprint density at radius 3 is 0.853 bits per heavy atom. The van der Waals surface area contributed by atoms with Crippen molar-refractivity contribution in [3.8, 4) is 0 Å². The number of allylic oxidation sites excluding steroid dienone is 8. The van der Waals surface area contributed by atoms with Gasteiger partial charge in [-0.25, -0.2) is 0 Å². The van der Waals surface area contributed by atoms with Gasteiger partial charge in [-0.15, -0.1) is 0 Å². The molecule has 0 amide bonds. The van der Waals surface area contributed by atoms with Gasteiger partial charge >= 0.3 is 17.9 Å². The Labute approximate surface area is 422 Å². The Balaban J connectivity index is 3.93. The van der Waals surface area contributed by atoms with Gasteiger partial charge in [-0.3, -0.25) is 14.4 Å². The quantitative estimate of drug-likeness (QED) is 0.0262. The molecule has 68 heavy (non-hydrogen) atoms. The Kier molecular flexibility index (Phi) is 54.8. The second kappa shape index (κ2) is 57.0. The topological polar surface area (TPSA) is 78.9 Å². The van der Waals surface area contributed by atoms with E-state index in [1.807, 2.05) is 0 Å². The monoisotopic (exact) mass is 953 g/mol. The van der Waals surface area contributed by atoms with Gasteiger partial charge in [0.15, 0.2) is 6.10 Å². The molecule has 0 aliphatic rings. The van der Waals surface area contributed by atoms with Crippen LogP contribution in [0.5, 0.6) is 0 Å². The third-order valence-electron chi connectivity index (χ3n) is 13.1. The van der Waals surface area contributed by atoms with Crippen LogP contribution in [-0.4, -0.2) is 37.2 Å². The number of unbranched alkanes of at least 4 members (excludes halogenated alkanes) is 35. The lowest BCUT2D eigenvalue weighted by atomic mass is 10.0. The summed E-state index contributed by atoms with van der Waals surface area (Å²) in [6.45, 7) is 6.52. The highest BCUT2D eigenvalue weighted by Crippen LogP contribution is 2.17. The maximum atomic E-state index is 12.7. The maximum absolute atomic E-state index is 12.7. The average molecular weight is 954 g/mol. The highest BCUT2D eigenvalue weighted by atomic mass is 16.6. The van der Waals surface area contributed by atoms with Gasteiger partial charge in [0.05, 0.1) is 0 Å². The van der Waals surface area contributed by atoms with Crippen LogP contribution in [0.1, 0.15) is 310 Å². The Morgan fingerprint density at radius 2 is 0.544 bits per heavy atom. The highest BCUT2D eigenvalue weighted by molar-refractivity contribution is 5.71. The zero-order valence-corrected chi connectivity index (χ0v) is 45.4. The van der Waals surface area contributed by atoms with Gasteiger partial charge in [0.1, 0.15) is 13.2 Å². The van der Waals surface area contributed by atoms with Crippen molar-refractivity contribution in [2.45, 2.75) is 316 Å². The predicted molar refractivity (Wildman–Crippen MR) is 293 cm³/mol. The number of rotatable bonds is 54. The van der Waals surface area contributed by atoms with Crippen molar-refractivity contribution in [3.63, 3.8) is 0 Å². The van der Waals surface area contributed by atoms with Crippen LogP contribution in [-0.2, 0) is 28.6 Å². The summed E-state index contributed by atoms with van der Waals surface area (Å²) in [4.78, 5) is 37.7. The van der Waals surface area contributed by atoms with E-state index in [1.165, 1.54) is 173 Å². The number of hydrogen-bond acceptors (Lipinski definition) is 6. The second-order valence-corrected chi connectivity index (χ2v) is 19.9. The fraction of sp³-hybridized carbons (Fsp3) is 0.823. The zero-order valence-electron chi connectivity index (χ0n) is 45.4. The lowest BCUT2D eigenvalue weighted by Gasteiger charge is -2.18. The van der Waals surface area contributed by atoms with E-state index in [0.717, 1.165) is 96.3 Å². The van der Waals surface area contributed by atoms with E-state index >= 15 is 0 Å². The summed E-state index contributed by atoms with van der Waals surface area (Å²) < 4.78 is 16.7. The molecule has 0 aromatic carbocycles. The third kappa shape index (κ3) is 54.3. The van der Waals surface area contributed by atoms with E-state index < -0.39 is 6.10 Å². The Hall–Kier alpha value is -2.63. The molecular weight excluding hydrogens is 841 g/mol. The van der Waals surface area contributed by atoms with Crippen LogP contribution < -0.4 is 0 Å². The molecule has 0 N–H and O–H groups in total. The summed E-state index contributed by atoms with van der Waals surface area (Å²) in [5, 5.41) is 0. The second-order valence-electron chi connectivity index (χ2n) is 19.9. The predicted octanol–water partition coefficient (Wildman–Crippen LogP) is 19.8. The van der Waals surface area contributed by atoms with Crippen LogP contribution in [0.2, 0.25) is 0 Å². The Bertz CT molecular complexity index is 1190. The molecular formula is C62H112O6. The minimum absolute atomic E-state index is 0.0762. The van der Waals surface area contributed by atoms with Crippen LogP contribution in [0.15, 0.2) is 48.6 Å². The van der Waals surface area contributed by atoms with Crippen LogP contribution in [0.3, 0.4) is 0 Å². The van der Waals surface area contributed by atoms with E-state index in [-0.39, 0.29) is 31.1 Å². The minimum Gasteiger partial charge on any atom is -0.462 e. The van der Waals surface area contributed by atoms with Crippen molar-refractivity contribution >= 4 is 17.9 Å². The summed E-state index contributed by atoms with van der Waals surface area (Å²) in [7, 11) is 0. The summed E-state index contributed by atoms with van der Waals surface area (Å²) in [6.07, 6.45) is 70.3. The first kappa shape index (κ1) is 65.4. The summed E-state index contributed by atoms with van der Waals surface area (Å²) in [5.41, 5.74) is 0. The molecule has 0 rings (SSSR count). The zero-order chi connectivity index (χ0) is 49.3. The normalized spacial score (nSPS) is 12.3. The van der Waals surface area contributed by atoms with Gasteiger partial charge in [-0.2, -0.15) is 0 Å². The van der Waals surface area contributed by atoms with E-state index in [0.29, 0.717) is 19.3 Å². The van der Waals surface area contributed by atoms with Crippen LogP contribution in [0, 0.1) is 0 Å². The largest absolute Gasteiger partial charge is 0.462 e. The number of carbonyl (C=O) groups is 3. The van der Waals surface area contributed by atoms with Crippen molar-refractivity contribution in [3.05, 3.63) is 48.6 Å². The van der Waals surface area contributed by atoms with E-state index in [4.69, 9.17) is 14.2 Å². The molecule has 0 heterocycles. The maximum Gasteiger partial charge on any atom is 0.306 e. The molecule has 0 saturated heterocycles. The third-order valence-corrected chi connectivity index (χ3v) is 13.1. The lowest BCUT2D eigenvalue weighted by Crippen LogP contribution is -2.30. The molecule has 0 saturated carbocycles. The summed E-state index contributed by atoms with van der Waals surface area (Å²) in [6, 6.07) is 0. The Morgan fingerprint density at radius 1 is 0.294 bits per heavy atom. The van der Waals surface area contributed by atoms with Crippen molar-refractivity contribution in [1.82, 2.24) is 0 Å². The molecule has 1 unspecified atom stereocenters. The summed E-state index contributed by atoms with van der Waals surface area (Å²) >= 11 is 0. The molecule has 6 nitrogen and oxygen atoms in total. The fourth-order valence-corrected chi connectivity index (χ4v) is 8.55. The van der Waals surface area contributed by atoms with Gasteiger partial charge in [-0.1, -0.05) is 262 Å². The van der Waals surface area contributed by atoms with E-state index in [9.17, 15) is 14.4 Å². The number of esters is 3. The first-order chi connectivity index (χ1) is 33.5. The van der Waals surface area contributed by atoms with E-state index in [2.05, 4.69) is 69.4 Å². The smallest absolute Gasteiger partial charge is 0.306 e. The van der Waals surface area contributed by atoms with Gasteiger partial charge in [0.25, 0.3) is 0 Å². The van der Waals surface area contributed by atoms with Crippen LogP contribution in [0.4, 0.5) is 0 Å². The van der Waals surface area contributed by atoms with Gasteiger partial charge in [0.2, 0.25) is 0 Å². The number of ether oxygens (including phenoxy) is 3. The number of carbonyl (C=O) groups excluding carboxylic acids is 3. The first-order valence-electron chi connectivity index (χ1n) is 29.6. The minimum atomic E-state index is -0.774. The van der Waals surface area contributed by atoms with Gasteiger partial charge in [0, 0.05) is 19.3 Å². The van der Waals surface area contributed by atoms with Crippen molar-refractivity contribution < 1.29 is 28.6 Å².